The molecule has 0 aromatic heterocycles. The molecular weight excluding hydrogens is 843 g/mol. The third kappa shape index (κ3) is 76.4. The zero-order chi connectivity index (χ0) is 38.8. The van der Waals surface area contributed by atoms with E-state index >= 15 is 0 Å². The summed E-state index contributed by atoms with van der Waals surface area (Å²) < 4.78 is 92.8. The third-order valence-electron chi connectivity index (χ3n) is 8.24. The summed E-state index contributed by atoms with van der Waals surface area (Å²) in [5.74, 6) is -0.573. The van der Waals surface area contributed by atoms with Gasteiger partial charge < -0.3 is 13.7 Å². The molecule has 0 aromatic rings. The molecule has 308 valence electrons. The van der Waals surface area contributed by atoms with Crippen molar-refractivity contribution >= 4 is 30.4 Å². The Labute approximate surface area is 343 Å². The first-order chi connectivity index (χ1) is 23.7. The SMILES string of the molecule is CCCCCCCCCCCCS(=O)(=O)[O-].CCCCCCCCCCCCS(=O)(=O)[O-].CCCCCCCCCCCCS(=O)(=O)[O-].OO.[La+3]. The monoisotopic (exact) mass is 920 g/mol. The van der Waals surface area contributed by atoms with Gasteiger partial charge in [-0.05, 0) is 19.3 Å². The van der Waals surface area contributed by atoms with Gasteiger partial charge >= 0.3 is 35.6 Å². The van der Waals surface area contributed by atoms with E-state index in [4.69, 9.17) is 10.5 Å². The molecule has 15 heteroatoms. The molecule has 0 bridgehead atoms. The predicted octanol–water partition coefficient (Wildman–Crippen LogP) is 10.4. The van der Waals surface area contributed by atoms with Gasteiger partial charge in [0.2, 0.25) is 0 Å². The Bertz CT molecular complexity index is 839. The molecule has 0 spiro atoms. The van der Waals surface area contributed by atoms with E-state index in [1.807, 2.05) is 0 Å². The quantitative estimate of drug-likeness (QED) is 0.0273. The van der Waals surface area contributed by atoms with Crippen LogP contribution in [0.15, 0.2) is 0 Å². The van der Waals surface area contributed by atoms with Crippen molar-refractivity contribution in [2.75, 3.05) is 17.3 Å². The van der Waals surface area contributed by atoms with E-state index in [0.717, 1.165) is 38.5 Å². The average Bonchev–Trinajstić information content (AvgIpc) is 3.04. The minimum absolute atomic E-state index is 0. The molecule has 0 unspecified atom stereocenters. The summed E-state index contributed by atoms with van der Waals surface area (Å²) in [5, 5.41) is 12.0. The molecule has 0 aliphatic heterocycles. The van der Waals surface area contributed by atoms with Gasteiger partial charge in [-0.15, -0.1) is 0 Å². The van der Waals surface area contributed by atoms with E-state index in [1.54, 1.807) is 0 Å². The second-order valence-electron chi connectivity index (χ2n) is 13.3. The summed E-state index contributed by atoms with van der Waals surface area (Å²) in [4.78, 5) is 0. The number of hydrogen-bond donors (Lipinski definition) is 2. The summed E-state index contributed by atoms with van der Waals surface area (Å²) in [7, 11) is -11.9. The first kappa shape index (κ1) is 61.1. The Morgan fingerprint density at radius 1 is 0.294 bits per heavy atom. The second-order valence-corrected chi connectivity index (χ2v) is 17.9. The van der Waals surface area contributed by atoms with Crippen LogP contribution in [0.2, 0.25) is 0 Å². The van der Waals surface area contributed by atoms with Crippen LogP contribution in [0.1, 0.15) is 213 Å². The van der Waals surface area contributed by atoms with Crippen molar-refractivity contribution in [1.29, 1.82) is 0 Å². The fourth-order valence-corrected chi connectivity index (χ4v) is 6.97. The van der Waals surface area contributed by atoms with Crippen LogP contribution < -0.4 is 0 Å². The van der Waals surface area contributed by atoms with Gasteiger partial charge in [0.15, 0.2) is 0 Å². The molecule has 0 amide bonds. The molecule has 0 fully saturated rings. The van der Waals surface area contributed by atoms with Crippen molar-refractivity contribution in [3.05, 3.63) is 0 Å². The topological polar surface area (TPSA) is 212 Å². The van der Waals surface area contributed by atoms with E-state index in [-0.39, 0.29) is 52.9 Å². The van der Waals surface area contributed by atoms with Gasteiger partial charge in [-0.2, -0.15) is 0 Å². The molecular formula is C36H77LaO11S3. The number of hydrogen-bond acceptors (Lipinski definition) is 11. The first-order valence-electron chi connectivity index (χ1n) is 19.7. The molecule has 0 atom stereocenters. The second kappa shape index (κ2) is 47.0. The molecule has 11 nitrogen and oxygen atoms in total. The molecule has 0 radical (unpaired) electrons. The van der Waals surface area contributed by atoms with E-state index in [9.17, 15) is 38.9 Å². The Balaban J connectivity index is -0.000000200. The smallest absolute Gasteiger partial charge is 0.748 e. The molecule has 0 heterocycles. The van der Waals surface area contributed by atoms with Crippen molar-refractivity contribution in [1.82, 2.24) is 0 Å². The van der Waals surface area contributed by atoms with Crippen LogP contribution in [0, 0.1) is 35.6 Å². The Morgan fingerprint density at radius 3 is 0.529 bits per heavy atom. The normalized spacial score (nSPS) is 11.3. The fraction of sp³-hybridized carbons (Fsp3) is 1.00. The molecule has 51 heavy (non-hydrogen) atoms. The first-order valence-corrected chi connectivity index (χ1v) is 24.4. The summed E-state index contributed by atoms with van der Waals surface area (Å²) in [6.45, 7) is 6.64. The van der Waals surface area contributed by atoms with Crippen molar-refractivity contribution in [3.8, 4) is 0 Å². The Hall–Kier alpha value is 0.845. The third-order valence-corrected chi connectivity index (χ3v) is 10.6. The number of rotatable bonds is 33. The molecule has 0 saturated carbocycles. The van der Waals surface area contributed by atoms with Crippen LogP contribution >= 0.6 is 0 Å². The maximum absolute atomic E-state index is 10.3. The Morgan fingerprint density at radius 2 is 0.412 bits per heavy atom. The van der Waals surface area contributed by atoms with Crippen molar-refractivity contribution in [2.24, 2.45) is 0 Å². The van der Waals surface area contributed by atoms with Gasteiger partial charge in [0, 0.05) is 17.3 Å². The molecule has 0 saturated heterocycles. The molecule has 0 aliphatic rings. The van der Waals surface area contributed by atoms with Gasteiger partial charge in [0.05, 0.1) is 30.4 Å². The molecule has 2 N–H and O–H groups in total. The average molecular weight is 921 g/mol. The van der Waals surface area contributed by atoms with Crippen LogP contribution in [-0.2, 0) is 30.4 Å². The largest absolute Gasteiger partial charge is 3.00 e. The van der Waals surface area contributed by atoms with Crippen molar-refractivity contribution in [2.45, 2.75) is 213 Å². The van der Waals surface area contributed by atoms with Gasteiger partial charge in [-0.25, -0.2) is 25.3 Å². The summed E-state index contributed by atoms with van der Waals surface area (Å²) in [5.41, 5.74) is 0. The van der Waals surface area contributed by atoms with E-state index in [1.165, 1.54) is 135 Å². The standard InChI is InChI=1S/3C12H26O3S.La.H2O2/c3*1-2-3-4-5-6-7-8-9-10-11-12-16(13,14)15;;1-2/h3*2-12H2,1H3,(H,13,14,15);;1-2H/q;;;+3;/p-3. The van der Waals surface area contributed by atoms with Gasteiger partial charge in [0.1, 0.15) is 0 Å². The van der Waals surface area contributed by atoms with Crippen LogP contribution in [-0.4, -0.2) is 66.7 Å². The summed E-state index contributed by atoms with van der Waals surface area (Å²) >= 11 is 0. The zero-order valence-corrected chi connectivity index (χ0v) is 38.8. The zero-order valence-electron chi connectivity index (χ0n) is 32.7. The van der Waals surface area contributed by atoms with Gasteiger partial charge in [0.25, 0.3) is 0 Å². The van der Waals surface area contributed by atoms with Crippen LogP contribution in [0.25, 0.3) is 0 Å². The predicted molar refractivity (Wildman–Crippen MR) is 204 cm³/mol. The number of unbranched alkanes of at least 4 members (excludes halogenated alkanes) is 27. The van der Waals surface area contributed by atoms with Crippen molar-refractivity contribution in [3.63, 3.8) is 0 Å². The maximum Gasteiger partial charge on any atom is 3.00 e. The van der Waals surface area contributed by atoms with Crippen LogP contribution in [0.5, 0.6) is 0 Å². The van der Waals surface area contributed by atoms with Gasteiger partial charge in [-0.3, -0.25) is 10.5 Å². The molecule has 0 aliphatic carbocycles. The van der Waals surface area contributed by atoms with Crippen molar-refractivity contribution < 1.29 is 85.0 Å². The minimum atomic E-state index is -3.98. The Kier molecular flexibility index (Phi) is 56.3. The maximum atomic E-state index is 10.3. The summed E-state index contributed by atoms with van der Waals surface area (Å²) in [6.07, 6.45) is 34.3. The minimum Gasteiger partial charge on any atom is -0.748 e. The van der Waals surface area contributed by atoms with E-state index in [2.05, 4.69) is 20.8 Å². The van der Waals surface area contributed by atoms with Crippen LogP contribution in [0.3, 0.4) is 0 Å². The molecule has 0 rings (SSSR count). The van der Waals surface area contributed by atoms with Gasteiger partial charge in [-0.1, -0.05) is 194 Å². The van der Waals surface area contributed by atoms with Crippen LogP contribution in [0.4, 0.5) is 0 Å². The van der Waals surface area contributed by atoms with E-state index in [0.29, 0.717) is 19.3 Å². The van der Waals surface area contributed by atoms with E-state index < -0.39 is 30.4 Å². The summed E-state index contributed by atoms with van der Waals surface area (Å²) in [6, 6.07) is 0. The fourth-order valence-electron chi connectivity index (χ4n) is 5.30. The molecule has 0 aromatic carbocycles.